The number of pyridine rings is 1. The molecule has 1 unspecified atom stereocenters. The van der Waals surface area contributed by atoms with Crippen LogP contribution in [0.3, 0.4) is 0 Å². The van der Waals surface area contributed by atoms with Gasteiger partial charge in [0.05, 0.1) is 24.0 Å². The average molecular weight is 446 g/mol. The Bertz CT molecular complexity index is 1060. The van der Waals surface area contributed by atoms with Gasteiger partial charge in [-0.05, 0) is 39.0 Å². The molecule has 1 amide bonds. The molecule has 0 saturated heterocycles. The van der Waals surface area contributed by atoms with Crippen molar-refractivity contribution in [2.75, 3.05) is 13.2 Å². The second-order valence-corrected chi connectivity index (χ2v) is 6.91. The molecule has 0 bridgehead atoms. The highest BCUT2D eigenvalue weighted by molar-refractivity contribution is 5.98. The van der Waals surface area contributed by atoms with E-state index in [0.29, 0.717) is 29.8 Å². The highest BCUT2D eigenvalue weighted by Crippen LogP contribution is 2.27. The van der Waals surface area contributed by atoms with Gasteiger partial charge in [0, 0.05) is 24.6 Å². The van der Waals surface area contributed by atoms with E-state index in [1.165, 1.54) is 0 Å². The Labute approximate surface area is 182 Å². The summed E-state index contributed by atoms with van der Waals surface area (Å²) in [6.07, 6.45) is 0.0859. The molecule has 3 aromatic heterocycles. The van der Waals surface area contributed by atoms with E-state index in [9.17, 15) is 18.0 Å². The Balaban J connectivity index is 1.77. The van der Waals surface area contributed by atoms with E-state index in [1.54, 1.807) is 56.3 Å². The third-order valence-corrected chi connectivity index (χ3v) is 4.57. The lowest BCUT2D eigenvalue weighted by molar-refractivity contribution is -0.141. The molecule has 3 rings (SSSR count). The first-order valence-corrected chi connectivity index (χ1v) is 9.78. The fraction of sp³-hybridized carbons (Fsp3) is 0.333. The van der Waals surface area contributed by atoms with Crippen LogP contribution >= 0.6 is 0 Å². The van der Waals surface area contributed by atoms with Crippen LogP contribution in [0.25, 0.3) is 11.4 Å². The molecule has 8 nitrogen and oxygen atoms in total. The number of alkyl halides is 3. The van der Waals surface area contributed by atoms with Gasteiger partial charge >= 0.3 is 6.18 Å². The molecule has 168 valence electrons. The Morgan fingerprint density at radius 2 is 1.84 bits per heavy atom. The van der Waals surface area contributed by atoms with Crippen LogP contribution in [0.5, 0.6) is 5.88 Å². The van der Waals surface area contributed by atoms with Crippen LogP contribution < -0.4 is 4.74 Å². The number of aryl methyl sites for hydroxylation is 1. The van der Waals surface area contributed by atoms with E-state index in [4.69, 9.17) is 4.74 Å². The average Bonchev–Trinajstić information content (AvgIpc) is 2.78. The zero-order chi connectivity index (χ0) is 23.3. The normalized spacial score (nSPS) is 12.3. The minimum absolute atomic E-state index is 0.00259. The van der Waals surface area contributed by atoms with Crippen LogP contribution in [-0.2, 0) is 6.18 Å². The molecule has 0 aliphatic heterocycles. The summed E-state index contributed by atoms with van der Waals surface area (Å²) < 4.78 is 43.3. The molecule has 1 atom stereocenters. The number of amides is 1. The molecule has 3 aromatic rings. The van der Waals surface area contributed by atoms with E-state index >= 15 is 0 Å². The minimum Gasteiger partial charge on any atom is -0.474 e. The van der Waals surface area contributed by atoms with Crippen molar-refractivity contribution in [1.82, 2.24) is 29.8 Å². The summed E-state index contributed by atoms with van der Waals surface area (Å²) in [5.74, 6) is -0.0306. The first kappa shape index (κ1) is 23.0. The molecular weight excluding hydrogens is 425 g/mol. The van der Waals surface area contributed by atoms with Gasteiger partial charge in [0.2, 0.25) is 5.88 Å². The standard InChI is InChI=1S/C21H21F3N6O2/c1-4-30(14(3)12-32-17-11-27-16(10-28-17)21(22,23)24)20(31)18-15(7-6-13(2)29-18)19-25-8-5-9-26-19/h5-11,14H,4,12H2,1-3H3. The predicted octanol–water partition coefficient (Wildman–Crippen LogP) is 3.59. The molecule has 3 heterocycles. The van der Waals surface area contributed by atoms with Crippen molar-refractivity contribution >= 4 is 5.91 Å². The van der Waals surface area contributed by atoms with Crippen molar-refractivity contribution in [3.8, 4) is 17.3 Å². The lowest BCUT2D eigenvalue weighted by atomic mass is 10.1. The van der Waals surface area contributed by atoms with Crippen molar-refractivity contribution in [2.24, 2.45) is 0 Å². The van der Waals surface area contributed by atoms with Crippen LogP contribution in [0.4, 0.5) is 13.2 Å². The molecule has 0 aliphatic carbocycles. The molecular formula is C21H21F3N6O2. The summed E-state index contributed by atoms with van der Waals surface area (Å²) in [5.41, 5.74) is 0.262. The van der Waals surface area contributed by atoms with Crippen molar-refractivity contribution < 1.29 is 22.7 Å². The van der Waals surface area contributed by atoms with Gasteiger partial charge in [-0.1, -0.05) is 0 Å². The van der Waals surface area contributed by atoms with Crippen molar-refractivity contribution in [2.45, 2.75) is 33.0 Å². The lowest BCUT2D eigenvalue weighted by Gasteiger charge is -2.28. The topological polar surface area (TPSA) is 94.0 Å². The van der Waals surface area contributed by atoms with Crippen LogP contribution in [0.2, 0.25) is 0 Å². The summed E-state index contributed by atoms with van der Waals surface area (Å²) in [6, 6.07) is 4.77. The highest BCUT2D eigenvalue weighted by Gasteiger charge is 2.33. The number of nitrogens with zero attached hydrogens (tertiary/aromatic N) is 6. The van der Waals surface area contributed by atoms with E-state index in [1.807, 2.05) is 0 Å². The number of rotatable bonds is 7. The summed E-state index contributed by atoms with van der Waals surface area (Å²) in [4.78, 5) is 34.7. The lowest BCUT2D eigenvalue weighted by Crippen LogP contribution is -2.42. The summed E-state index contributed by atoms with van der Waals surface area (Å²) >= 11 is 0. The second kappa shape index (κ2) is 9.67. The summed E-state index contributed by atoms with van der Waals surface area (Å²) in [5, 5.41) is 0. The Morgan fingerprint density at radius 3 is 2.44 bits per heavy atom. The SMILES string of the molecule is CCN(C(=O)c1nc(C)ccc1-c1ncccn1)C(C)COc1cnc(C(F)(F)F)cn1. The van der Waals surface area contributed by atoms with Crippen LogP contribution in [0, 0.1) is 6.92 Å². The molecule has 0 aromatic carbocycles. The van der Waals surface area contributed by atoms with Gasteiger partial charge in [0.1, 0.15) is 12.3 Å². The Kier molecular flexibility index (Phi) is 6.96. The molecule has 11 heteroatoms. The fourth-order valence-corrected chi connectivity index (χ4v) is 2.96. The third-order valence-electron chi connectivity index (χ3n) is 4.57. The number of carbonyl (C=O) groups excluding carboxylic acids is 1. The molecule has 0 saturated carbocycles. The number of carbonyl (C=O) groups is 1. The van der Waals surface area contributed by atoms with Crippen molar-refractivity contribution in [3.05, 3.63) is 60.1 Å². The maximum atomic E-state index is 13.3. The van der Waals surface area contributed by atoms with Gasteiger partial charge < -0.3 is 9.64 Å². The van der Waals surface area contributed by atoms with E-state index in [2.05, 4.69) is 24.9 Å². The van der Waals surface area contributed by atoms with Crippen LogP contribution in [0.15, 0.2) is 43.0 Å². The number of likely N-dealkylation sites (N-methyl/N-ethyl adjacent to an activating group) is 1. The van der Waals surface area contributed by atoms with Crippen LogP contribution in [-0.4, -0.2) is 54.9 Å². The molecule has 0 radical (unpaired) electrons. The van der Waals surface area contributed by atoms with Crippen molar-refractivity contribution in [3.63, 3.8) is 0 Å². The number of halogens is 3. The minimum atomic E-state index is -4.58. The molecule has 0 N–H and O–H groups in total. The number of aromatic nitrogens is 5. The highest BCUT2D eigenvalue weighted by atomic mass is 19.4. The first-order chi connectivity index (χ1) is 15.2. The van der Waals surface area contributed by atoms with E-state index in [-0.39, 0.29) is 24.1 Å². The van der Waals surface area contributed by atoms with E-state index in [0.717, 1.165) is 6.20 Å². The number of ether oxygens (including phenoxy) is 1. The van der Waals surface area contributed by atoms with E-state index < -0.39 is 17.9 Å². The van der Waals surface area contributed by atoms with Crippen molar-refractivity contribution in [1.29, 1.82) is 0 Å². The fourth-order valence-electron chi connectivity index (χ4n) is 2.96. The summed E-state index contributed by atoms with van der Waals surface area (Å²) in [6.45, 7) is 5.70. The monoisotopic (exact) mass is 446 g/mol. The van der Waals surface area contributed by atoms with Gasteiger partial charge in [0.15, 0.2) is 11.5 Å². The number of hydrogen-bond acceptors (Lipinski definition) is 7. The van der Waals surface area contributed by atoms with Gasteiger partial charge in [-0.2, -0.15) is 13.2 Å². The molecule has 0 fully saturated rings. The van der Waals surface area contributed by atoms with Crippen LogP contribution in [0.1, 0.15) is 35.7 Å². The molecule has 32 heavy (non-hydrogen) atoms. The largest absolute Gasteiger partial charge is 0.474 e. The zero-order valence-electron chi connectivity index (χ0n) is 17.7. The predicted molar refractivity (Wildman–Crippen MR) is 109 cm³/mol. The van der Waals surface area contributed by atoms with Gasteiger partial charge in [0.25, 0.3) is 5.91 Å². The Hall–Kier alpha value is -3.63. The number of hydrogen-bond donors (Lipinski definition) is 0. The maximum Gasteiger partial charge on any atom is 0.434 e. The van der Waals surface area contributed by atoms with Gasteiger partial charge in [-0.15, -0.1) is 0 Å². The zero-order valence-corrected chi connectivity index (χ0v) is 17.7. The summed E-state index contributed by atoms with van der Waals surface area (Å²) in [7, 11) is 0. The quantitative estimate of drug-likeness (QED) is 0.548. The molecule has 0 aliphatic rings. The second-order valence-electron chi connectivity index (χ2n) is 6.91. The third kappa shape index (κ3) is 5.34. The molecule has 0 spiro atoms. The first-order valence-electron chi connectivity index (χ1n) is 9.78. The smallest absolute Gasteiger partial charge is 0.434 e. The van der Waals surface area contributed by atoms with Gasteiger partial charge in [-0.3, -0.25) is 4.79 Å². The van der Waals surface area contributed by atoms with Gasteiger partial charge in [-0.25, -0.2) is 24.9 Å². The Morgan fingerprint density at radius 1 is 1.12 bits per heavy atom. The maximum absolute atomic E-state index is 13.3.